The molecule has 6 aromatic rings. The van der Waals surface area contributed by atoms with Crippen molar-refractivity contribution in [2.45, 2.75) is 237 Å². The third-order valence-corrected chi connectivity index (χ3v) is 27.8. The van der Waals surface area contributed by atoms with E-state index in [0.29, 0.717) is 62.6 Å². The maximum atomic E-state index is 14.0. The maximum Gasteiger partial charge on any atom is 0.406 e. The van der Waals surface area contributed by atoms with E-state index in [1.165, 1.54) is 60.3 Å². The molecule has 10 aliphatic rings. The largest absolute Gasteiger partial charge is 0.479 e. The van der Waals surface area contributed by atoms with Gasteiger partial charge in [0.25, 0.3) is 0 Å². The van der Waals surface area contributed by atoms with Crippen molar-refractivity contribution in [3.05, 3.63) is 36.5 Å². The van der Waals surface area contributed by atoms with Crippen LogP contribution < -0.4 is 36.6 Å². The quantitative estimate of drug-likeness (QED) is 0.0177. The Kier molecular flexibility index (Phi) is 32.0. The Balaban J connectivity index is 0.000000149. The van der Waals surface area contributed by atoms with Crippen molar-refractivity contribution in [3.63, 3.8) is 0 Å². The molecule has 0 radical (unpaired) electrons. The Morgan fingerprint density at radius 2 is 0.985 bits per heavy atom. The lowest BCUT2D eigenvalue weighted by atomic mass is 10.1. The number of hydrogen-bond acceptors (Lipinski definition) is 47. The van der Waals surface area contributed by atoms with Crippen molar-refractivity contribution in [2.24, 2.45) is 20.9 Å². The average molecular weight is 1930 g/mol. The van der Waals surface area contributed by atoms with Gasteiger partial charge in [-0.15, -0.1) is 0 Å². The molecule has 0 amide bonds. The number of esters is 5. The molecule has 12 N–H and O–H groups in total. The van der Waals surface area contributed by atoms with Gasteiger partial charge in [0.1, 0.15) is 133 Å². The lowest BCUT2D eigenvalue weighted by Gasteiger charge is -2.33. The van der Waals surface area contributed by atoms with Crippen molar-refractivity contribution in [2.75, 3.05) is 84.8 Å². The molecule has 722 valence electrons. The van der Waals surface area contributed by atoms with E-state index >= 15 is 0 Å². The first-order valence-electron chi connectivity index (χ1n) is 41.5. The number of anilines is 2. The molecule has 10 unspecified atom stereocenters. The third kappa shape index (κ3) is 22.6. The molecule has 16 rings (SSSR count). The number of cyclic esters (lactones) is 1. The molecule has 16 heterocycles. The SMILES string of the molecule is CCC(=O)OC[C@H](C)NP1(=O)OCC2O[C@@H](n3cnc4c(N)nc(C)nc43)[C@@H](O)[C@@H]2O1.CCOC(=O)[C@H](C)NP1(=O)OCC2O[C@@H](n3cnc4c(N)nc(C)nc43)[C@@H](O)[C@@H]2O1.CCOC(=O)[C@H](C)NP1(=O)OCC2O[C@@H](n3cnc4c(OC)nc(C)nc43)[C@@H](O)[C@@H]2O1.CCOC(=O)[C@H](CC(C)C)NP1(=O)OCC(=O)OCO[C@@H]2C(CO1)O[C@@H](N1C=NC3C(C)=NC(F)=NC31)[C@H]2O. The van der Waals surface area contributed by atoms with Gasteiger partial charge >= 0.3 is 66.9 Å². The number of aromatic nitrogens is 12. The van der Waals surface area contributed by atoms with Crippen LogP contribution in [0, 0.1) is 26.7 Å². The van der Waals surface area contributed by atoms with Gasteiger partial charge in [-0.2, -0.15) is 9.37 Å². The molecule has 10 aliphatic heterocycles. The van der Waals surface area contributed by atoms with Crippen LogP contribution in [-0.4, -0.2) is 321 Å². The molecular weight excluding hydrogens is 1830 g/mol. The zero-order chi connectivity index (χ0) is 94.6. The molecule has 8 saturated heterocycles. The molecule has 8 fully saturated rings. The number of nitrogens with one attached hydrogen (secondary N) is 4. The lowest BCUT2D eigenvalue weighted by molar-refractivity contribution is -0.169. The average Bonchev–Trinajstić information content (AvgIpc) is 1.61. The second kappa shape index (κ2) is 42.0. The van der Waals surface area contributed by atoms with Crippen LogP contribution >= 0.6 is 31.0 Å². The predicted molar refractivity (Wildman–Crippen MR) is 445 cm³/mol. The fraction of sp³-hybridized carbons (Fsp3) is 0.681. The maximum absolute atomic E-state index is 14.0. The van der Waals surface area contributed by atoms with E-state index in [0.717, 1.165) is 0 Å². The minimum Gasteiger partial charge on any atom is -0.479 e. The number of nitrogens with zero attached hydrogens (tertiary/aromatic N) is 16. The number of methoxy groups -OCH3 is 1. The molecule has 0 aromatic carbocycles. The summed E-state index contributed by atoms with van der Waals surface area (Å²) in [6.07, 6.45) is -11.5. The normalized spacial score (nSPS) is 32.9. The number of halogens is 1. The predicted octanol–water partition coefficient (Wildman–Crippen LogP) is 1.46. The van der Waals surface area contributed by atoms with Gasteiger partial charge in [0.15, 0.2) is 78.6 Å². The number of rotatable bonds is 24. The Morgan fingerprint density at radius 1 is 0.557 bits per heavy atom. The van der Waals surface area contributed by atoms with Gasteiger partial charge in [0, 0.05) is 18.2 Å². The number of ether oxygens (including phenoxy) is 11. The Bertz CT molecular complexity index is 5450. The van der Waals surface area contributed by atoms with Gasteiger partial charge in [0.2, 0.25) is 5.88 Å². The Hall–Kier alpha value is -8.78. The summed E-state index contributed by atoms with van der Waals surface area (Å²) in [4.78, 5) is 111. The monoisotopic (exact) mass is 1930 g/mol. The molecule has 0 spiro atoms. The van der Waals surface area contributed by atoms with Crippen molar-refractivity contribution in [1.29, 1.82) is 0 Å². The van der Waals surface area contributed by atoms with Gasteiger partial charge in [0.05, 0.1) is 78.7 Å². The fourth-order valence-electron chi connectivity index (χ4n) is 15.0. The second-order valence-electron chi connectivity index (χ2n) is 31.3. The Morgan fingerprint density at radius 3 is 1.45 bits per heavy atom. The highest BCUT2D eigenvalue weighted by Crippen LogP contribution is 2.57. The lowest BCUT2D eigenvalue weighted by Crippen LogP contribution is -2.50. The third-order valence-electron chi connectivity index (χ3n) is 21.0. The van der Waals surface area contributed by atoms with Crippen LogP contribution in [0.5, 0.6) is 5.88 Å². The van der Waals surface area contributed by atoms with Crippen LogP contribution in [0.25, 0.3) is 33.5 Å². The van der Waals surface area contributed by atoms with Crippen molar-refractivity contribution < 1.29 is 155 Å². The summed E-state index contributed by atoms with van der Waals surface area (Å²) >= 11 is 0. The highest BCUT2D eigenvalue weighted by Gasteiger charge is 2.58. The highest BCUT2D eigenvalue weighted by molar-refractivity contribution is 7.52. The molecule has 131 heavy (non-hydrogen) atoms. The number of hydrogen-bond donors (Lipinski definition) is 10. The first kappa shape index (κ1) is 99.7. The molecule has 6 aromatic heterocycles. The van der Waals surface area contributed by atoms with Crippen LogP contribution in [0.15, 0.2) is 34.0 Å². The van der Waals surface area contributed by atoms with Gasteiger partial charge in [-0.3, -0.25) is 74.1 Å². The summed E-state index contributed by atoms with van der Waals surface area (Å²) in [6, 6.07) is -3.98. The van der Waals surface area contributed by atoms with Crippen LogP contribution in [0.1, 0.15) is 118 Å². The topological polar surface area (TPSA) is 681 Å². The van der Waals surface area contributed by atoms with Gasteiger partial charge < -0.3 is 88.9 Å². The molecule has 0 saturated carbocycles. The summed E-state index contributed by atoms with van der Waals surface area (Å²) in [7, 11) is -14.4. The second-order valence-corrected chi connectivity index (χ2v) is 38.2. The summed E-state index contributed by atoms with van der Waals surface area (Å²) in [5.74, 6) is -1.07. The number of nitrogens with two attached hydrogens (primary N) is 2. The molecule has 26 atom stereocenters. The van der Waals surface area contributed by atoms with E-state index in [-0.39, 0.29) is 82.6 Å². The van der Waals surface area contributed by atoms with E-state index in [9.17, 15) is 67.0 Å². The van der Waals surface area contributed by atoms with E-state index in [1.807, 2.05) is 13.8 Å². The molecule has 54 nitrogen and oxygen atoms in total. The number of aliphatic hydroxyl groups excluding tert-OH is 4. The highest BCUT2D eigenvalue weighted by atomic mass is 31.2. The van der Waals surface area contributed by atoms with E-state index in [4.69, 9.17) is 99.8 Å². The van der Waals surface area contributed by atoms with Crippen LogP contribution in [0.4, 0.5) is 16.0 Å². The van der Waals surface area contributed by atoms with Crippen LogP contribution in [-0.2, 0) is 126 Å². The smallest absolute Gasteiger partial charge is 0.406 e. The minimum atomic E-state index is -4.33. The van der Waals surface area contributed by atoms with E-state index < -0.39 is 215 Å². The van der Waals surface area contributed by atoms with E-state index in [1.54, 1.807) is 66.9 Å². The fourth-order valence-corrected chi connectivity index (χ4v) is 21.6. The number of aryl methyl sites for hydroxylation is 3. The number of imidazole rings is 3. The number of aliphatic imine (C=N–C) groups is 3. The molecule has 59 heteroatoms. The standard InChI is InChI=1S/C22H33FN5O10P.C17H25N6O7P.C17H24N5O8P.C16H23N6O7P/c1-5-33-21(31)13(6-11(2)3)27-39(32)36-7-14-18(35-10-34-15(29)8-37-39)17(30)20(38-14)28-9-24-16-12(4)25-22(23)26-19(16)28;1-4-11(24)27-5-8(2)22-31(26)28-6-10-14(30-31)13(25)17(29-10)23-7-19-12-15(18)20-9(3)21-16(12)23;1-5-27-17(24)8(2)21-31(25)28-6-10-13(30-31)12(23)16(29-10)22-7-18-11-14(22)19-9(3)20-15(11)26-4;1-4-26-16(24)7(2)21-30(25)27-5-9-12(29-30)11(23)15(28-9)22-6-18-10-13(17)19-8(3)20-14(10)22/h9,11,13-14,16-20,30H,5-8,10H2,1-4H3,(H,27,32);7-8,10,13-14,17,25H,4-6H2,1-3H3,(H,22,26)(H2,18,20,21);7-8,10,12-13,16,23H,5-6H2,1-4H3,(H,21,25);6-7,9,11-12,15,23H,4-5H2,1-3H3,(H,21,25)(H2,17,19,20)/t13-,14?,16?,17-,18+,19?,20+,39?;8-,10?,13-,14+,17+,31?;8-,10?,12-,13+,16+,31?;7-,9?,11-,12+,15+,30?/m0000/s1. The van der Waals surface area contributed by atoms with Crippen molar-refractivity contribution >= 4 is 124 Å². The first-order chi connectivity index (χ1) is 62.2. The minimum absolute atomic E-state index is 0.000656. The number of amidine groups is 1. The summed E-state index contributed by atoms with van der Waals surface area (Å²) in [5, 5.41) is 54.1. The molecule has 0 aliphatic carbocycles. The summed E-state index contributed by atoms with van der Waals surface area (Å²) in [5.41, 5.74) is 14.6. The number of nitrogen functional groups attached to an aromatic ring is 2. The van der Waals surface area contributed by atoms with Gasteiger partial charge in [-0.1, -0.05) is 20.8 Å². The van der Waals surface area contributed by atoms with Crippen LogP contribution in [0.3, 0.4) is 0 Å². The number of fused-ring (bicyclic) bond motifs is 8. The number of carbonyl (C=O) groups excluding carboxylic acids is 5. The van der Waals surface area contributed by atoms with E-state index in [2.05, 4.69) is 80.2 Å². The number of carbonyl (C=O) groups is 5. The number of aliphatic hydroxyl groups is 4. The zero-order valence-electron chi connectivity index (χ0n) is 73.3. The summed E-state index contributed by atoms with van der Waals surface area (Å²) in [6.45, 7) is 20.1. The molecular formula is C72H105FN22O32P4. The van der Waals surface area contributed by atoms with Gasteiger partial charge in [-0.05, 0) is 81.6 Å². The van der Waals surface area contributed by atoms with Crippen molar-refractivity contribution in [1.82, 2.24) is 83.8 Å². The first-order valence-corrected chi connectivity index (χ1v) is 47.7. The Labute approximate surface area is 745 Å². The zero-order valence-corrected chi connectivity index (χ0v) is 76.8. The molecule has 0 bridgehead atoms. The summed E-state index contributed by atoms with van der Waals surface area (Å²) < 4.78 is 174. The van der Waals surface area contributed by atoms with Crippen molar-refractivity contribution in [3.8, 4) is 5.88 Å². The van der Waals surface area contributed by atoms with Gasteiger partial charge in [-0.25, -0.2) is 93.3 Å². The van der Waals surface area contributed by atoms with Crippen LogP contribution in [0.2, 0.25) is 0 Å².